The standard InChI is InChI=1S/C32H29NO3/c1-2-3-12-23-19-21-26(22-20-23)33(32(35)25-15-8-5-9-16-25)29-30(34)27-17-10-11-18-28(27)36-31(29)24-13-6-4-7-14-24/h4-11,13-22,29,31H,2-3,12H2,1H3. The third-order valence-electron chi connectivity index (χ3n) is 6.64. The molecule has 0 saturated heterocycles. The molecule has 0 aliphatic carbocycles. The Labute approximate surface area is 212 Å². The maximum Gasteiger partial charge on any atom is 0.259 e. The zero-order chi connectivity index (χ0) is 24.9. The number of anilines is 1. The molecule has 0 fully saturated rings. The van der Waals surface area contributed by atoms with Gasteiger partial charge in [0, 0.05) is 11.3 Å². The second-order valence-corrected chi connectivity index (χ2v) is 9.07. The first kappa shape index (κ1) is 23.6. The van der Waals surface area contributed by atoms with Gasteiger partial charge >= 0.3 is 0 Å². The van der Waals surface area contributed by atoms with E-state index in [1.54, 1.807) is 23.1 Å². The number of fused-ring (bicyclic) bond motifs is 1. The van der Waals surface area contributed by atoms with Crippen LogP contribution in [0.3, 0.4) is 0 Å². The molecule has 4 heteroatoms. The fraction of sp³-hybridized carbons (Fsp3) is 0.188. The minimum atomic E-state index is -0.864. The van der Waals surface area contributed by atoms with E-state index in [1.807, 2.05) is 78.9 Å². The van der Waals surface area contributed by atoms with Gasteiger partial charge in [-0.05, 0) is 60.4 Å². The monoisotopic (exact) mass is 475 g/mol. The molecule has 4 aromatic carbocycles. The smallest absolute Gasteiger partial charge is 0.259 e. The van der Waals surface area contributed by atoms with Crippen molar-refractivity contribution in [1.29, 1.82) is 0 Å². The van der Waals surface area contributed by atoms with E-state index < -0.39 is 12.1 Å². The van der Waals surface area contributed by atoms with Crippen LogP contribution in [-0.4, -0.2) is 17.7 Å². The molecule has 0 bridgehead atoms. The molecule has 0 spiro atoms. The van der Waals surface area contributed by atoms with Crippen molar-refractivity contribution in [2.75, 3.05) is 4.90 Å². The number of amides is 1. The zero-order valence-corrected chi connectivity index (χ0v) is 20.3. The Kier molecular flexibility index (Phi) is 6.94. The molecule has 2 atom stereocenters. The van der Waals surface area contributed by atoms with Gasteiger partial charge in [0.05, 0.1) is 5.56 Å². The van der Waals surface area contributed by atoms with Crippen LogP contribution in [0.4, 0.5) is 5.69 Å². The number of unbranched alkanes of at least 4 members (excludes halogenated alkanes) is 1. The molecule has 4 nitrogen and oxygen atoms in total. The third kappa shape index (κ3) is 4.67. The average Bonchev–Trinajstić information content (AvgIpc) is 2.94. The van der Waals surface area contributed by atoms with Crippen LogP contribution in [0, 0.1) is 0 Å². The summed E-state index contributed by atoms with van der Waals surface area (Å²) in [5.74, 6) is 0.166. The SMILES string of the molecule is CCCCc1ccc(N(C(=O)c2ccccc2)C2C(=O)c3ccccc3OC2c2ccccc2)cc1. The molecule has 0 aromatic heterocycles. The first-order chi connectivity index (χ1) is 17.7. The number of carbonyl (C=O) groups is 2. The lowest BCUT2D eigenvalue weighted by Gasteiger charge is -2.39. The van der Waals surface area contributed by atoms with Gasteiger partial charge in [-0.3, -0.25) is 14.5 Å². The fourth-order valence-corrected chi connectivity index (χ4v) is 4.74. The van der Waals surface area contributed by atoms with Crippen LogP contribution in [0.15, 0.2) is 109 Å². The lowest BCUT2D eigenvalue weighted by Crippen LogP contribution is -2.52. The second-order valence-electron chi connectivity index (χ2n) is 9.07. The van der Waals surface area contributed by atoms with Crippen molar-refractivity contribution >= 4 is 17.4 Å². The second kappa shape index (κ2) is 10.6. The van der Waals surface area contributed by atoms with E-state index in [-0.39, 0.29) is 11.7 Å². The van der Waals surface area contributed by atoms with Crippen LogP contribution < -0.4 is 9.64 Å². The molecule has 4 aromatic rings. The van der Waals surface area contributed by atoms with Crippen molar-refractivity contribution in [1.82, 2.24) is 0 Å². The summed E-state index contributed by atoms with van der Waals surface area (Å²) >= 11 is 0. The van der Waals surface area contributed by atoms with Gasteiger partial charge in [0.1, 0.15) is 11.8 Å². The van der Waals surface area contributed by atoms with Crippen LogP contribution >= 0.6 is 0 Å². The molecule has 2 unspecified atom stereocenters. The van der Waals surface area contributed by atoms with Crippen LogP contribution in [0.1, 0.15) is 57.7 Å². The van der Waals surface area contributed by atoms with E-state index in [4.69, 9.17) is 4.74 Å². The number of Topliss-reactive ketones (excluding diaryl/α,β-unsaturated/α-hetero) is 1. The van der Waals surface area contributed by atoms with Gasteiger partial charge < -0.3 is 4.74 Å². The first-order valence-electron chi connectivity index (χ1n) is 12.5. The van der Waals surface area contributed by atoms with Gasteiger partial charge in [-0.2, -0.15) is 0 Å². The molecule has 1 aliphatic heterocycles. The van der Waals surface area contributed by atoms with Crippen molar-refractivity contribution in [2.24, 2.45) is 0 Å². The fourth-order valence-electron chi connectivity index (χ4n) is 4.74. The Bertz CT molecular complexity index is 1330. The molecule has 180 valence electrons. The highest BCUT2D eigenvalue weighted by Crippen LogP contribution is 2.39. The van der Waals surface area contributed by atoms with Crippen molar-refractivity contribution in [3.8, 4) is 5.75 Å². The molecule has 5 rings (SSSR count). The molecule has 0 saturated carbocycles. The van der Waals surface area contributed by atoms with E-state index in [0.717, 1.165) is 24.8 Å². The Balaban J connectivity index is 1.65. The van der Waals surface area contributed by atoms with Crippen molar-refractivity contribution in [3.63, 3.8) is 0 Å². The highest BCUT2D eigenvalue weighted by Gasteiger charge is 2.44. The van der Waals surface area contributed by atoms with Crippen molar-refractivity contribution in [3.05, 3.63) is 131 Å². The lowest BCUT2D eigenvalue weighted by molar-refractivity contribution is 0.0730. The minimum absolute atomic E-state index is 0.134. The number of ketones is 1. The van der Waals surface area contributed by atoms with Gasteiger partial charge in [-0.1, -0.05) is 86.1 Å². The Morgan fingerprint density at radius 2 is 1.44 bits per heavy atom. The maximum absolute atomic E-state index is 14.1. The van der Waals surface area contributed by atoms with Crippen LogP contribution in [-0.2, 0) is 6.42 Å². The first-order valence-corrected chi connectivity index (χ1v) is 12.5. The number of benzene rings is 4. The Morgan fingerprint density at radius 3 is 2.14 bits per heavy atom. The topological polar surface area (TPSA) is 46.6 Å². The van der Waals surface area contributed by atoms with E-state index >= 15 is 0 Å². The summed E-state index contributed by atoms with van der Waals surface area (Å²) < 4.78 is 6.45. The van der Waals surface area contributed by atoms with Gasteiger partial charge in [0.25, 0.3) is 5.91 Å². The average molecular weight is 476 g/mol. The van der Waals surface area contributed by atoms with Crippen molar-refractivity contribution in [2.45, 2.75) is 38.3 Å². The summed E-state index contributed by atoms with van der Waals surface area (Å²) in [5.41, 5.74) is 3.73. The number of rotatable bonds is 7. The quantitative estimate of drug-likeness (QED) is 0.287. The van der Waals surface area contributed by atoms with Gasteiger partial charge in [-0.25, -0.2) is 0 Å². The molecular weight excluding hydrogens is 446 g/mol. The number of para-hydroxylation sites is 1. The predicted molar refractivity (Wildman–Crippen MR) is 143 cm³/mol. The summed E-state index contributed by atoms with van der Waals surface area (Å²) in [6.07, 6.45) is 2.55. The van der Waals surface area contributed by atoms with E-state index in [0.29, 0.717) is 22.6 Å². The summed E-state index contributed by atoms with van der Waals surface area (Å²) in [4.78, 5) is 29.8. The summed E-state index contributed by atoms with van der Waals surface area (Å²) in [6.45, 7) is 2.17. The Morgan fingerprint density at radius 1 is 0.806 bits per heavy atom. The van der Waals surface area contributed by atoms with Crippen LogP contribution in [0.25, 0.3) is 0 Å². The van der Waals surface area contributed by atoms with Gasteiger partial charge in [-0.15, -0.1) is 0 Å². The number of nitrogens with zero attached hydrogens (tertiary/aromatic N) is 1. The molecule has 0 radical (unpaired) electrons. The highest BCUT2D eigenvalue weighted by molar-refractivity contribution is 6.14. The highest BCUT2D eigenvalue weighted by atomic mass is 16.5. The number of hydrogen-bond acceptors (Lipinski definition) is 3. The molecule has 1 amide bonds. The number of hydrogen-bond donors (Lipinski definition) is 0. The molecule has 0 N–H and O–H groups in total. The number of aryl methyl sites for hydroxylation is 1. The van der Waals surface area contributed by atoms with Crippen LogP contribution in [0.2, 0.25) is 0 Å². The maximum atomic E-state index is 14.1. The van der Waals surface area contributed by atoms with Crippen molar-refractivity contribution < 1.29 is 14.3 Å². The Hall–Kier alpha value is -4.18. The van der Waals surface area contributed by atoms with E-state index in [2.05, 4.69) is 19.1 Å². The van der Waals surface area contributed by atoms with Gasteiger partial charge in [0.15, 0.2) is 11.9 Å². The lowest BCUT2D eigenvalue weighted by atomic mass is 9.89. The zero-order valence-electron chi connectivity index (χ0n) is 20.3. The van der Waals surface area contributed by atoms with E-state index in [9.17, 15) is 9.59 Å². The molecule has 1 aliphatic rings. The summed E-state index contributed by atoms with van der Waals surface area (Å²) in [7, 11) is 0. The van der Waals surface area contributed by atoms with Gasteiger partial charge in [0.2, 0.25) is 0 Å². The summed E-state index contributed by atoms with van der Waals surface area (Å²) in [5, 5.41) is 0. The van der Waals surface area contributed by atoms with Crippen LogP contribution in [0.5, 0.6) is 5.75 Å². The predicted octanol–water partition coefficient (Wildman–Crippen LogP) is 7.06. The number of ether oxygens (including phenoxy) is 1. The molecular formula is C32H29NO3. The largest absolute Gasteiger partial charge is 0.482 e. The van der Waals surface area contributed by atoms with E-state index in [1.165, 1.54) is 5.56 Å². The minimum Gasteiger partial charge on any atom is -0.482 e. The normalized spacial score (nSPS) is 16.6. The number of carbonyl (C=O) groups excluding carboxylic acids is 2. The third-order valence-corrected chi connectivity index (χ3v) is 6.64. The summed E-state index contributed by atoms with van der Waals surface area (Å²) in [6, 6.07) is 33.2. The molecule has 36 heavy (non-hydrogen) atoms. The molecule has 1 heterocycles.